The van der Waals surface area contributed by atoms with Gasteiger partial charge in [-0.2, -0.15) is 0 Å². The topological polar surface area (TPSA) is 52.6 Å². The van der Waals surface area contributed by atoms with Crippen LogP contribution in [0.25, 0.3) is 0 Å². The molecule has 0 fully saturated rings. The number of aryl methyl sites for hydroxylation is 1. The Balaban J connectivity index is 2.32. The number of para-hydroxylation sites is 1. The normalized spacial score (nSPS) is 13.5. The minimum atomic E-state index is -0.824. The third-order valence-corrected chi connectivity index (χ3v) is 2.64. The second-order valence-corrected chi connectivity index (χ2v) is 3.80. The number of carbonyl (C=O) groups is 2. The maximum Gasteiger partial charge on any atom is 0.379 e. The van der Waals surface area contributed by atoms with Crippen molar-refractivity contribution in [3.8, 4) is 5.75 Å². The molecule has 4 nitrogen and oxygen atoms in total. The third-order valence-electron chi connectivity index (χ3n) is 2.64. The van der Waals surface area contributed by atoms with Gasteiger partial charge in [0.2, 0.25) is 0 Å². The molecular weight excluding hydrogens is 220 g/mol. The molecule has 0 spiro atoms. The maximum atomic E-state index is 11.9. The van der Waals surface area contributed by atoms with Crippen molar-refractivity contribution in [1.29, 1.82) is 0 Å². The van der Waals surface area contributed by atoms with Gasteiger partial charge >= 0.3 is 5.97 Å². The Morgan fingerprint density at radius 3 is 3.00 bits per heavy atom. The second kappa shape index (κ2) is 4.99. The van der Waals surface area contributed by atoms with Crippen molar-refractivity contribution in [3.63, 3.8) is 0 Å². The number of hydrogen-bond donors (Lipinski definition) is 0. The lowest BCUT2D eigenvalue weighted by Crippen LogP contribution is -2.20. The minimum Gasteiger partial charge on any atom is -0.493 e. The van der Waals surface area contributed by atoms with Gasteiger partial charge in [0, 0.05) is 0 Å². The van der Waals surface area contributed by atoms with Crippen LogP contribution in [0.3, 0.4) is 0 Å². The first-order valence-corrected chi connectivity index (χ1v) is 5.70. The van der Waals surface area contributed by atoms with Gasteiger partial charge < -0.3 is 9.47 Å². The standard InChI is InChI=1S/C13H14O4/c1-2-16-13(15)11(14)10-7-3-5-9-6-4-8-17-12(9)10/h3,5,7H,2,4,6,8H2,1H3. The van der Waals surface area contributed by atoms with E-state index >= 15 is 0 Å². The fraction of sp³-hybridized carbons (Fsp3) is 0.385. The summed E-state index contributed by atoms with van der Waals surface area (Å²) in [6, 6.07) is 5.28. The molecule has 0 N–H and O–H groups in total. The summed E-state index contributed by atoms with van der Waals surface area (Å²) in [5.74, 6) is -0.919. The van der Waals surface area contributed by atoms with E-state index in [0.717, 1.165) is 18.4 Å². The van der Waals surface area contributed by atoms with Gasteiger partial charge in [-0.05, 0) is 31.4 Å². The highest BCUT2D eigenvalue weighted by atomic mass is 16.5. The summed E-state index contributed by atoms with van der Waals surface area (Å²) in [4.78, 5) is 23.3. The van der Waals surface area contributed by atoms with Gasteiger partial charge in [-0.25, -0.2) is 4.79 Å². The fourth-order valence-corrected chi connectivity index (χ4v) is 1.87. The molecule has 0 amide bonds. The van der Waals surface area contributed by atoms with Crippen molar-refractivity contribution in [2.24, 2.45) is 0 Å². The molecule has 17 heavy (non-hydrogen) atoms. The summed E-state index contributed by atoms with van der Waals surface area (Å²) in [6.45, 7) is 2.45. The van der Waals surface area contributed by atoms with E-state index in [-0.39, 0.29) is 6.61 Å². The van der Waals surface area contributed by atoms with E-state index in [1.807, 2.05) is 6.07 Å². The molecule has 0 aromatic heterocycles. The lowest BCUT2D eigenvalue weighted by molar-refractivity contribution is -0.137. The predicted octanol–water partition coefficient (Wildman–Crippen LogP) is 1.76. The number of hydrogen-bond acceptors (Lipinski definition) is 4. The smallest absolute Gasteiger partial charge is 0.379 e. The van der Waals surface area contributed by atoms with Crippen LogP contribution in [0, 0.1) is 0 Å². The number of fused-ring (bicyclic) bond motifs is 1. The molecule has 1 aromatic rings. The highest BCUT2D eigenvalue weighted by molar-refractivity contribution is 6.41. The Bertz CT molecular complexity index is 451. The Labute approximate surface area is 99.5 Å². The molecule has 2 rings (SSSR count). The zero-order valence-corrected chi connectivity index (χ0v) is 9.69. The van der Waals surface area contributed by atoms with Crippen LogP contribution in [-0.2, 0) is 16.0 Å². The average molecular weight is 234 g/mol. The summed E-state index contributed by atoms with van der Waals surface area (Å²) in [6.07, 6.45) is 1.81. The lowest BCUT2D eigenvalue weighted by Gasteiger charge is -2.19. The minimum absolute atomic E-state index is 0.195. The highest BCUT2D eigenvalue weighted by Crippen LogP contribution is 2.29. The van der Waals surface area contributed by atoms with Gasteiger partial charge in [0.05, 0.1) is 18.8 Å². The molecular formula is C13H14O4. The van der Waals surface area contributed by atoms with Crippen molar-refractivity contribution < 1.29 is 19.1 Å². The molecule has 0 atom stereocenters. The van der Waals surface area contributed by atoms with Crippen molar-refractivity contribution in [3.05, 3.63) is 29.3 Å². The Morgan fingerprint density at radius 1 is 1.41 bits per heavy atom. The molecule has 0 unspecified atom stereocenters. The van der Waals surface area contributed by atoms with E-state index in [9.17, 15) is 9.59 Å². The molecule has 90 valence electrons. The Hall–Kier alpha value is -1.84. The van der Waals surface area contributed by atoms with Gasteiger partial charge in [0.25, 0.3) is 5.78 Å². The Kier molecular flexibility index (Phi) is 3.42. The number of benzene rings is 1. The summed E-state index contributed by atoms with van der Waals surface area (Å²) in [5.41, 5.74) is 1.28. The molecule has 1 heterocycles. The van der Waals surface area contributed by atoms with Gasteiger partial charge in [0.15, 0.2) is 0 Å². The molecule has 0 bridgehead atoms. The first-order valence-electron chi connectivity index (χ1n) is 5.70. The molecule has 0 radical (unpaired) electrons. The molecule has 0 saturated carbocycles. The number of esters is 1. The highest BCUT2D eigenvalue weighted by Gasteiger charge is 2.24. The van der Waals surface area contributed by atoms with Gasteiger partial charge in [0.1, 0.15) is 5.75 Å². The monoisotopic (exact) mass is 234 g/mol. The van der Waals surface area contributed by atoms with Crippen LogP contribution in [0.5, 0.6) is 5.75 Å². The van der Waals surface area contributed by atoms with Crippen molar-refractivity contribution in [2.45, 2.75) is 19.8 Å². The Morgan fingerprint density at radius 2 is 2.24 bits per heavy atom. The van der Waals surface area contributed by atoms with Crippen LogP contribution in [0.15, 0.2) is 18.2 Å². The fourth-order valence-electron chi connectivity index (χ4n) is 1.87. The summed E-state index contributed by atoms with van der Waals surface area (Å²) < 4.78 is 10.2. The number of Topliss-reactive ketones (excluding diaryl/α,β-unsaturated/α-hetero) is 1. The number of ether oxygens (including phenoxy) is 2. The van der Waals surface area contributed by atoms with Gasteiger partial charge in [-0.15, -0.1) is 0 Å². The average Bonchev–Trinajstić information content (AvgIpc) is 2.37. The first kappa shape index (κ1) is 11.6. The number of rotatable bonds is 3. The van der Waals surface area contributed by atoms with Crippen LogP contribution in [0.1, 0.15) is 29.3 Å². The summed E-state index contributed by atoms with van der Waals surface area (Å²) in [5, 5.41) is 0. The molecule has 1 aliphatic heterocycles. The summed E-state index contributed by atoms with van der Waals surface area (Å²) in [7, 11) is 0. The zero-order valence-electron chi connectivity index (χ0n) is 9.69. The van der Waals surface area contributed by atoms with E-state index in [1.165, 1.54) is 0 Å². The van der Waals surface area contributed by atoms with E-state index in [0.29, 0.717) is 17.9 Å². The largest absolute Gasteiger partial charge is 0.493 e. The SMILES string of the molecule is CCOC(=O)C(=O)c1cccc2c1OCCC2. The second-order valence-electron chi connectivity index (χ2n) is 3.80. The van der Waals surface area contributed by atoms with Crippen LogP contribution in [0.4, 0.5) is 0 Å². The zero-order chi connectivity index (χ0) is 12.3. The maximum absolute atomic E-state index is 11.9. The van der Waals surface area contributed by atoms with Crippen LogP contribution in [0.2, 0.25) is 0 Å². The number of ketones is 1. The molecule has 0 saturated heterocycles. The lowest BCUT2D eigenvalue weighted by atomic mass is 10.00. The molecule has 1 aliphatic rings. The van der Waals surface area contributed by atoms with E-state index < -0.39 is 11.8 Å². The van der Waals surface area contributed by atoms with Crippen molar-refractivity contribution in [1.82, 2.24) is 0 Å². The molecule has 1 aromatic carbocycles. The van der Waals surface area contributed by atoms with Gasteiger partial charge in [-0.1, -0.05) is 12.1 Å². The van der Waals surface area contributed by atoms with Crippen LogP contribution < -0.4 is 4.74 Å². The predicted molar refractivity (Wildman–Crippen MR) is 61.2 cm³/mol. The van der Waals surface area contributed by atoms with Crippen molar-refractivity contribution in [2.75, 3.05) is 13.2 Å². The first-order chi connectivity index (χ1) is 8.24. The van der Waals surface area contributed by atoms with Crippen LogP contribution >= 0.6 is 0 Å². The molecule has 4 heteroatoms. The summed E-state index contributed by atoms with van der Waals surface area (Å²) >= 11 is 0. The number of carbonyl (C=O) groups excluding carboxylic acids is 2. The quantitative estimate of drug-likeness (QED) is 0.454. The third kappa shape index (κ3) is 2.30. The van der Waals surface area contributed by atoms with Gasteiger partial charge in [-0.3, -0.25) is 4.79 Å². The van der Waals surface area contributed by atoms with E-state index in [2.05, 4.69) is 0 Å². The van der Waals surface area contributed by atoms with Crippen molar-refractivity contribution >= 4 is 11.8 Å². The van der Waals surface area contributed by atoms with Crippen LogP contribution in [-0.4, -0.2) is 25.0 Å². The van der Waals surface area contributed by atoms with E-state index in [1.54, 1.807) is 19.1 Å². The van der Waals surface area contributed by atoms with E-state index in [4.69, 9.17) is 9.47 Å². The molecule has 0 aliphatic carbocycles.